The second-order valence-electron chi connectivity index (χ2n) is 4.70. The van der Waals surface area contributed by atoms with Gasteiger partial charge in [0.25, 0.3) is 0 Å². The third kappa shape index (κ3) is 6.45. The van der Waals surface area contributed by atoms with Crippen LogP contribution in [0.4, 0.5) is 4.79 Å². The number of hydrogen-bond acceptors (Lipinski definition) is 5. The fraction of sp³-hybridized carbons (Fsp3) is 0.909. The van der Waals surface area contributed by atoms with Gasteiger partial charge in [0.1, 0.15) is 5.60 Å². The van der Waals surface area contributed by atoms with Crippen LogP contribution in [0.15, 0.2) is 0 Å². The van der Waals surface area contributed by atoms with Gasteiger partial charge in [-0.2, -0.15) is 0 Å². The lowest BCUT2D eigenvalue weighted by Crippen LogP contribution is -2.45. The largest absolute Gasteiger partial charge is 0.444 e. The molecule has 0 spiro atoms. The lowest BCUT2D eigenvalue weighted by molar-refractivity contribution is -0.201. The van der Waals surface area contributed by atoms with Crippen molar-refractivity contribution in [2.75, 3.05) is 27.3 Å². The Morgan fingerprint density at radius 2 is 1.76 bits per heavy atom. The molecular weight excluding hydrogens is 224 g/mol. The number of alkyl carbamates (subject to hydrolysis) is 1. The van der Waals surface area contributed by atoms with E-state index in [0.717, 1.165) is 0 Å². The van der Waals surface area contributed by atoms with E-state index in [9.17, 15) is 4.79 Å². The lowest BCUT2D eigenvalue weighted by Gasteiger charge is -2.29. The van der Waals surface area contributed by atoms with Gasteiger partial charge in [-0.3, -0.25) is 0 Å². The van der Waals surface area contributed by atoms with Crippen LogP contribution in [-0.4, -0.2) is 44.8 Å². The number of carbonyl (C=O) groups excluding carboxylic acids is 1. The van der Waals surface area contributed by atoms with E-state index in [1.165, 1.54) is 14.2 Å². The predicted octanol–water partition coefficient (Wildman–Crippen LogP) is 0.849. The summed E-state index contributed by atoms with van der Waals surface area (Å²) >= 11 is 0. The van der Waals surface area contributed by atoms with E-state index in [4.69, 9.17) is 19.9 Å². The highest BCUT2D eigenvalue weighted by atomic mass is 16.7. The molecule has 0 aromatic carbocycles. The number of ether oxygens (including phenoxy) is 3. The summed E-state index contributed by atoms with van der Waals surface area (Å²) < 4.78 is 15.4. The summed E-state index contributed by atoms with van der Waals surface area (Å²) in [4.78, 5) is 11.4. The minimum atomic E-state index is -0.852. The van der Waals surface area contributed by atoms with Crippen LogP contribution in [0.5, 0.6) is 0 Å². The Balaban J connectivity index is 4.01. The Kier molecular flexibility index (Phi) is 6.44. The van der Waals surface area contributed by atoms with Crippen molar-refractivity contribution < 1.29 is 19.0 Å². The number of hydrogen-bond donors (Lipinski definition) is 2. The van der Waals surface area contributed by atoms with Gasteiger partial charge in [0.15, 0.2) is 5.79 Å². The van der Waals surface area contributed by atoms with E-state index in [0.29, 0.717) is 13.0 Å². The maximum absolute atomic E-state index is 11.4. The maximum atomic E-state index is 11.4. The second kappa shape index (κ2) is 6.78. The molecule has 6 heteroatoms. The molecule has 0 heterocycles. The van der Waals surface area contributed by atoms with Crippen LogP contribution in [-0.2, 0) is 14.2 Å². The van der Waals surface area contributed by atoms with Crippen molar-refractivity contribution in [3.63, 3.8) is 0 Å². The average Bonchev–Trinajstić information content (AvgIpc) is 2.22. The summed E-state index contributed by atoms with van der Waals surface area (Å²) in [5.41, 5.74) is 5.05. The summed E-state index contributed by atoms with van der Waals surface area (Å²) in [7, 11) is 3.04. The van der Waals surface area contributed by atoms with Gasteiger partial charge in [-0.1, -0.05) is 0 Å². The van der Waals surface area contributed by atoms with Gasteiger partial charge >= 0.3 is 6.09 Å². The fourth-order valence-corrected chi connectivity index (χ4v) is 1.23. The summed E-state index contributed by atoms with van der Waals surface area (Å²) in [6.45, 7) is 6.01. The van der Waals surface area contributed by atoms with Crippen LogP contribution >= 0.6 is 0 Å². The van der Waals surface area contributed by atoms with E-state index >= 15 is 0 Å². The molecule has 0 atom stereocenters. The first-order chi connectivity index (χ1) is 7.78. The standard InChI is InChI=1S/C11H24N2O4/c1-10(2,3)17-9(14)13-7-6-11(8-12,15-4)16-5/h6-8,12H2,1-5H3,(H,13,14). The number of nitrogens with one attached hydrogen (secondary N) is 1. The Hall–Kier alpha value is -0.850. The molecule has 0 aliphatic carbocycles. The maximum Gasteiger partial charge on any atom is 0.407 e. The van der Waals surface area contributed by atoms with Gasteiger partial charge in [-0.25, -0.2) is 4.79 Å². The Morgan fingerprint density at radius 3 is 2.12 bits per heavy atom. The molecule has 1 amide bonds. The number of carbonyl (C=O) groups is 1. The second-order valence-corrected chi connectivity index (χ2v) is 4.70. The molecule has 3 N–H and O–H groups in total. The number of amides is 1. The SMILES string of the molecule is COC(CN)(CCNC(=O)OC(C)(C)C)OC. The molecule has 0 aromatic rings. The van der Waals surface area contributed by atoms with Crippen molar-refractivity contribution in [2.24, 2.45) is 5.73 Å². The van der Waals surface area contributed by atoms with Crippen LogP contribution in [0.1, 0.15) is 27.2 Å². The Morgan fingerprint density at radius 1 is 1.24 bits per heavy atom. The topological polar surface area (TPSA) is 82.8 Å². The van der Waals surface area contributed by atoms with Crippen molar-refractivity contribution in [1.29, 1.82) is 0 Å². The van der Waals surface area contributed by atoms with Crippen LogP contribution in [0.25, 0.3) is 0 Å². The summed E-state index contributed by atoms with van der Waals surface area (Å²) in [6.07, 6.45) is -0.00827. The normalized spacial score (nSPS) is 12.4. The molecule has 0 bridgehead atoms. The molecule has 0 unspecified atom stereocenters. The minimum Gasteiger partial charge on any atom is -0.444 e. The van der Waals surface area contributed by atoms with Gasteiger partial charge in [-0.15, -0.1) is 0 Å². The van der Waals surface area contributed by atoms with E-state index in [1.54, 1.807) is 20.8 Å². The first-order valence-corrected chi connectivity index (χ1v) is 5.56. The molecule has 0 fully saturated rings. The van der Waals surface area contributed by atoms with Crippen molar-refractivity contribution in [3.05, 3.63) is 0 Å². The van der Waals surface area contributed by atoms with Crippen LogP contribution in [0.2, 0.25) is 0 Å². The first kappa shape index (κ1) is 16.1. The smallest absolute Gasteiger partial charge is 0.407 e. The van der Waals surface area contributed by atoms with Crippen molar-refractivity contribution in [2.45, 2.75) is 38.6 Å². The molecule has 17 heavy (non-hydrogen) atoms. The van der Waals surface area contributed by atoms with Crippen LogP contribution < -0.4 is 11.1 Å². The van der Waals surface area contributed by atoms with Crippen LogP contribution in [0.3, 0.4) is 0 Å². The molecule has 0 aliphatic rings. The molecule has 6 nitrogen and oxygen atoms in total. The highest BCUT2D eigenvalue weighted by Gasteiger charge is 2.27. The third-order valence-corrected chi connectivity index (χ3v) is 2.23. The average molecular weight is 248 g/mol. The van der Waals surface area contributed by atoms with Gasteiger partial charge in [0.05, 0.1) is 0 Å². The quantitative estimate of drug-likeness (QED) is 0.681. The zero-order valence-electron chi connectivity index (χ0n) is 11.3. The molecular formula is C11H24N2O4. The van der Waals surface area contributed by atoms with E-state index in [1.807, 2.05) is 0 Å². The summed E-state index contributed by atoms with van der Waals surface area (Å²) in [5.74, 6) is -0.852. The van der Waals surface area contributed by atoms with Gasteiger partial charge < -0.3 is 25.3 Å². The van der Waals surface area contributed by atoms with Gasteiger partial charge in [0, 0.05) is 33.7 Å². The van der Waals surface area contributed by atoms with Gasteiger partial charge in [0.2, 0.25) is 0 Å². The minimum absolute atomic E-state index is 0.218. The molecule has 0 rings (SSSR count). The van der Waals surface area contributed by atoms with Crippen molar-refractivity contribution >= 4 is 6.09 Å². The zero-order valence-corrected chi connectivity index (χ0v) is 11.3. The van der Waals surface area contributed by atoms with E-state index < -0.39 is 17.5 Å². The molecule has 0 aromatic heterocycles. The molecule has 0 aliphatic heterocycles. The number of rotatable bonds is 6. The lowest BCUT2D eigenvalue weighted by atomic mass is 10.2. The molecule has 0 saturated heterocycles. The molecule has 0 saturated carbocycles. The summed E-state index contributed by atoms with van der Waals surface area (Å²) in [6, 6.07) is 0. The Bertz CT molecular complexity index is 226. The number of nitrogens with two attached hydrogens (primary N) is 1. The Labute approximate surface area is 103 Å². The van der Waals surface area contributed by atoms with Crippen LogP contribution in [0, 0.1) is 0 Å². The number of methoxy groups -OCH3 is 2. The highest BCUT2D eigenvalue weighted by molar-refractivity contribution is 5.67. The van der Waals surface area contributed by atoms with Gasteiger partial charge in [-0.05, 0) is 20.8 Å². The summed E-state index contributed by atoms with van der Waals surface area (Å²) in [5, 5.41) is 2.62. The fourth-order valence-electron chi connectivity index (χ4n) is 1.23. The third-order valence-electron chi connectivity index (χ3n) is 2.23. The highest BCUT2D eigenvalue weighted by Crippen LogP contribution is 2.13. The van der Waals surface area contributed by atoms with E-state index in [2.05, 4.69) is 5.32 Å². The first-order valence-electron chi connectivity index (χ1n) is 5.56. The zero-order chi connectivity index (χ0) is 13.5. The molecule has 102 valence electrons. The monoisotopic (exact) mass is 248 g/mol. The predicted molar refractivity (Wildman–Crippen MR) is 64.7 cm³/mol. The van der Waals surface area contributed by atoms with Crippen molar-refractivity contribution in [3.8, 4) is 0 Å². The van der Waals surface area contributed by atoms with E-state index in [-0.39, 0.29) is 6.54 Å². The molecule has 0 radical (unpaired) electrons. The van der Waals surface area contributed by atoms with Crippen molar-refractivity contribution in [1.82, 2.24) is 5.32 Å².